The number of anilines is 1. The smallest absolute Gasteiger partial charge is 0.335 e. The van der Waals surface area contributed by atoms with Gasteiger partial charge < -0.3 is 20.3 Å². The number of benzene rings is 1. The van der Waals surface area contributed by atoms with Crippen molar-refractivity contribution in [3.8, 4) is 5.75 Å². The lowest BCUT2D eigenvalue weighted by Crippen LogP contribution is -2.23. The highest BCUT2D eigenvalue weighted by Crippen LogP contribution is 2.27. The molecule has 0 radical (unpaired) electrons. The minimum absolute atomic E-state index is 0.00383. The summed E-state index contributed by atoms with van der Waals surface area (Å²) < 4.78 is 5.30. The van der Waals surface area contributed by atoms with Crippen molar-refractivity contribution < 1.29 is 24.5 Å². The fourth-order valence-corrected chi connectivity index (χ4v) is 2.00. The number of carbonyl (C=O) groups is 2. The minimum atomic E-state index is -1.12. The first-order valence-electron chi connectivity index (χ1n) is 5.96. The molecule has 19 heavy (non-hydrogen) atoms. The van der Waals surface area contributed by atoms with Crippen LogP contribution in [-0.2, 0) is 9.53 Å². The molecule has 1 fully saturated rings. The van der Waals surface area contributed by atoms with E-state index < -0.39 is 5.97 Å². The number of carboxylic acids is 1. The van der Waals surface area contributed by atoms with Crippen LogP contribution in [0.2, 0.25) is 0 Å². The summed E-state index contributed by atoms with van der Waals surface area (Å²) in [6.45, 7) is 2.22. The quantitative estimate of drug-likeness (QED) is 0.719. The van der Waals surface area contributed by atoms with Gasteiger partial charge in [-0.1, -0.05) is 0 Å². The van der Waals surface area contributed by atoms with E-state index in [0.717, 1.165) is 0 Å². The van der Waals surface area contributed by atoms with Gasteiger partial charge in [0, 0.05) is 0 Å². The number of ether oxygens (including phenoxy) is 1. The normalized spacial score (nSPS) is 22.2. The number of amides is 1. The molecule has 1 saturated heterocycles. The van der Waals surface area contributed by atoms with E-state index >= 15 is 0 Å². The summed E-state index contributed by atoms with van der Waals surface area (Å²) in [7, 11) is 0. The third-order valence-corrected chi connectivity index (χ3v) is 3.07. The first-order valence-corrected chi connectivity index (χ1v) is 5.96. The van der Waals surface area contributed by atoms with Crippen LogP contribution in [0, 0.1) is 5.92 Å². The van der Waals surface area contributed by atoms with Crippen LogP contribution in [0.15, 0.2) is 18.2 Å². The first kappa shape index (κ1) is 13.4. The molecule has 2 rings (SSSR count). The molecule has 3 N–H and O–H groups in total. The van der Waals surface area contributed by atoms with Gasteiger partial charge in [-0.05, 0) is 31.5 Å². The van der Waals surface area contributed by atoms with Gasteiger partial charge in [0.15, 0.2) is 0 Å². The van der Waals surface area contributed by atoms with Crippen molar-refractivity contribution >= 4 is 17.6 Å². The topological polar surface area (TPSA) is 95.9 Å². The number of rotatable bonds is 3. The summed E-state index contributed by atoms with van der Waals surface area (Å²) in [6, 6.07) is 3.75. The Morgan fingerprint density at radius 2 is 2.16 bits per heavy atom. The van der Waals surface area contributed by atoms with E-state index in [1.165, 1.54) is 18.2 Å². The molecular weight excluding hydrogens is 250 g/mol. The zero-order chi connectivity index (χ0) is 14.0. The molecule has 2 atom stereocenters. The summed E-state index contributed by atoms with van der Waals surface area (Å²) in [4.78, 5) is 22.8. The number of phenols is 1. The number of carboxylic acid groups (broad SMARTS) is 1. The molecule has 0 spiro atoms. The van der Waals surface area contributed by atoms with Crippen LogP contribution in [0.5, 0.6) is 5.75 Å². The lowest BCUT2D eigenvalue weighted by molar-refractivity contribution is -0.119. The molecule has 2 unspecified atom stereocenters. The van der Waals surface area contributed by atoms with Gasteiger partial charge in [-0.3, -0.25) is 4.79 Å². The fourth-order valence-electron chi connectivity index (χ4n) is 2.00. The van der Waals surface area contributed by atoms with Crippen molar-refractivity contribution in [1.29, 1.82) is 0 Å². The van der Waals surface area contributed by atoms with E-state index in [0.29, 0.717) is 13.0 Å². The van der Waals surface area contributed by atoms with Gasteiger partial charge in [-0.2, -0.15) is 0 Å². The van der Waals surface area contributed by atoms with Crippen molar-refractivity contribution in [2.45, 2.75) is 19.4 Å². The Balaban J connectivity index is 2.12. The van der Waals surface area contributed by atoms with Crippen molar-refractivity contribution in [3.63, 3.8) is 0 Å². The highest BCUT2D eigenvalue weighted by atomic mass is 16.5. The highest BCUT2D eigenvalue weighted by Gasteiger charge is 2.28. The Bertz CT molecular complexity index is 514. The number of aromatic carboxylic acids is 1. The van der Waals surface area contributed by atoms with E-state index in [1.54, 1.807) is 0 Å². The zero-order valence-corrected chi connectivity index (χ0v) is 10.4. The molecule has 1 aliphatic rings. The minimum Gasteiger partial charge on any atom is -0.506 e. The molecular formula is C13H15NO5. The van der Waals surface area contributed by atoms with Gasteiger partial charge in [0.05, 0.1) is 29.9 Å². The average Bonchev–Trinajstić information content (AvgIpc) is 2.78. The summed E-state index contributed by atoms with van der Waals surface area (Å²) >= 11 is 0. The molecule has 6 nitrogen and oxygen atoms in total. The monoisotopic (exact) mass is 265 g/mol. The van der Waals surface area contributed by atoms with Crippen molar-refractivity contribution in [2.24, 2.45) is 5.92 Å². The maximum absolute atomic E-state index is 11.9. The Kier molecular flexibility index (Phi) is 3.71. The van der Waals surface area contributed by atoms with Crippen LogP contribution in [0.1, 0.15) is 23.7 Å². The zero-order valence-electron chi connectivity index (χ0n) is 10.4. The average molecular weight is 265 g/mol. The number of hydrogen-bond acceptors (Lipinski definition) is 4. The number of phenolic OH excluding ortho intramolecular Hbond substituents is 1. The van der Waals surface area contributed by atoms with Gasteiger partial charge >= 0.3 is 5.97 Å². The van der Waals surface area contributed by atoms with Crippen LogP contribution in [0.25, 0.3) is 0 Å². The van der Waals surface area contributed by atoms with Gasteiger partial charge in [-0.15, -0.1) is 0 Å². The maximum atomic E-state index is 11.9. The standard InChI is InChI=1S/C13H15NO5/c1-7-4-9(6-19-7)12(16)14-10-5-8(13(17)18)2-3-11(10)15/h2-3,5,7,9,15H,4,6H2,1H3,(H,14,16)(H,17,18). The Labute approximate surface area is 110 Å². The molecule has 0 saturated carbocycles. The van der Waals surface area contributed by atoms with Crippen LogP contribution in [-0.4, -0.2) is 34.8 Å². The molecule has 1 heterocycles. The SMILES string of the molecule is CC1CC(C(=O)Nc2cc(C(=O)O)ccc2O)CO1. The number of aromatic hydroxyl groups is 1. The van der Waals surface area contributed by atoms with Crippen molar-refractivity contribution in [1.82, 2.24) is 0 Å². The second-order valence-electron chi connectivity index (χ2n) is 4.60. The number of carbonyl (C=O) groups excluding carboxylic acids is 1. The number of nitrogens with one attached hydrogen (secondary N) is 1. The lowest BCUT2D eigenvalue weighted by atomic mass is 10.1. The summed E-state index contributed by atoms with van der Waals surface area (Å²) in [6.07, 6.45) is 0.653. The van der Waals surface area contributed by atoms with Crippen LogP contribution < -0.4 is 5.32 Å². The predicted molar refractivity (Wildman–Crippen MR) is 67.2 cm³/mol. The van der Waals surface area contributed by atoms with Crippen LogP contribution in [0.3, 0.4) is 0 Å². The van der Waals surface area contributed by atoms with Gasteiger partial charge in [0.1, 0.15) is 5.75 Å². The molecule has 1 amide bonds. The fraction of sp³-hybridized carbons (Fsp3) is 0.385. The largest absolute Gasteiger partial charge is 0.506 e. The van der Waals surface area contributed by atoms with E-state index in [9.17, 15) is 14.7 Å². The van der Waals surface area contributed by atoms with E-state index in [2.05, 4.69) is 5.32 Å². The van der Waals surface area contributed by atoms with E-state index in [1.807, 2.05) is 6.92 Å². The molecule has 1 aliphatic heterocycles. The Morgan fingerprint density at radius 1 is 1.42 bits per heavy atom. The van der Waals surface area contributed by atoms with E-state index in [4.69, 9.17) is 9.84 Å². The first-order chi connectivity index (χ1) is 8.97. The highest BCUT2D eigenvalue weighted by molar-refractivity contribution is 5.96. The lowest BCUT2D eigenvalue weighted by Gasteiger charge is -2.11. The Morgan fingerprint density at radius 3 is 2.74 bits per heavy atom. The second kappa shape index (κ2) is 5.27. The number of hydrogen-bond donors (Lipinski definition) is 3. The summed E-state index contributed by atoms with van der Waals surface area (Å²) in [5, 5.41) is 21.0. The van der Waals surface area contributed by atoms with Gasteiger partial charge in [-0.25, -0.2) is 4.79 Å². The van der Waals surface area contributed by atoms with Crippen molar-refractivity contribution in [2.75, 3.05) is 11.9 Å². The molecule has 102 valence electrons. The summed E-state index contributed by atoms with van der Waals surface area (Å²) in [5.74, 6) is -1.83. The van der Waals surface area contributed by atoms with Crippen molar-refractivity contribution in [3.05, 3.63) is 23.8 Å². The molecule has 1 aromatic rings. The van der Waals surface area contributed by atoms with Crippen LogP contribution in [0.4, 0.5) is 5.69 Å². The molecule has 0 bridgehead atoms. The Hall–Kier alpha value is -2.08. The molecule has 0 aliphatic carbocycles. The van der Waals surface area contributed by atoms with Gasteiger partial charge in [0.25, 0.3) is 0 Å². The third-order valence-electron chi connectivity index (χ3n) is 3.07. The maximum Gasteiger partial charge on any atom is 0.335 e. The molecule has 1 aromatic carbocycles. The molecule has 6 heteroatoms. The third kappa shape index (κ3) is 3.03. The second-order valence-corrected chi connectivity index (χ2v) is 4.60. The molecule has 0 aromatic heterocycles. The van der Waals surface area contributed by atoms with Crippen LogP contribution >= 0.6 is 0 Å². The summed E-state index contributed by atoms with van der Waals surface area (Å²) in [5.41, 5.74) is 0.105. The van der Waals surface area contributed by atoms with Gasteiger partial charge in [0.2, 0.25) is 5.91 Å². The predicted octanol–water partition coefficient (Wildman–Crippen LogP) is 1.45. The van der Waals surface area contributed by atoms with E-state index in [-0.39, 0.29) is 34.9 Å².